The van der Waals surface area contributed by atoms with Gasteiger partial charge in [0.1, 0.15) is 0 Å². The zero-order valence-corrected chi connectivity index (χ0v) is 19.7. The lowest BCUT2D eigenvalue weighted by Gasteiger charge is -2.44. The van der Waals surface area contributed by atoms with Crippen LogP contribution in [0.5, 0.6) is 0 Å². The van der Waals surface area contributed by atoms with E-state index in [0.29, 0.717) is 29.6 Å². The molecule has 3 N–H and O–H groups in total. The second-order valence-corrected chi connectivity index (χ2v) is 11.3. The quantitative estimate of drug-likeness (QED) is 0.520. The fraction of sp³-hybridized carbons (Fsp3) is 0.778. The maximum atomic E-state index is 10.3. The Hall–Kier alpha value is -0.900. The number of aliphatic hydroxyl groups is 3. The Kier molecular flexibility index (Phi) is 7.37. The third-order valence-electron chi connectivity index (χ3n) is 8.62. The molecule has 0 spiro atoms. The highest BCUT2D eigenvalue weighted by atomic mass is 16.3. The molecule has 0 unspecified atom stereocenters. The molecular weight excluding hydrogens is 372 g/mol. The lowest BCUT2D eigenvalue weighted by atomic mass is 9.60. The van der Waals surface area contributed by atoms with Crippen LogP contribution in [0.2, 0.25) is 0 Å². The van der Waals surface area contributed by atoms with Crippen molar-refractivity contribution in [2.45, 2.75) is 110 Å². The van der Waals surface area contributed by atoms with Crippen LogP contribution in [0, 0.1) is 23.2 Å². The fourth-order valence-electron chi connectivity index (χ4n) is 6.58. The molecule has 0 aromatic heterocycles. The Morgan fingerprint density at radius 3 is 2.60 bits per heavy atom. The second kappa shape index (κ2) is 9.30. The molecule has 6 atom stereocenters. The molecule has 0 heterocycles. The Balaban J connectivity index is 1.69. The van der Waals surface area contributed by atoms with Gasteiger partial charge < -0.3 is 15.3 Å². The number of rotatable bonds is 6. The van der Waals surface area contributed by atoms with Crippen molar-refractivity contribution in [3.8, 4) is 0 Å². The number of hydrogen-bond acceptors (Lipinski definition) is 3. The van der Waals surface area contributed by atoms with E-state index >= 15 is 0 Å². The van der Waals surface area contributed by atoms with Crippen molar-refractivity contribution in [2.75, 3.05) is 0 Å². The average Bonchev–Trinajstić information content (AvgIpc) is 3.03. The summed E-state index contributed by atoms with van der Waals surface area (Å²) in [4.78, 5) is 0. The standard InChI is InChI=1S/C27H44O3/c1-18-8-12-22(28)17-21(18)11-10-20-7-6-16-27(5)23(13-14-24(20)27)19(2)9-15-25(29)26(3,4)30/h10-11,19,22-25,28-30H,1,6-9,12-17H2,2-5H3/b20-10+,21-11?/t19-,22+,23-,24+,25-,27+/m1/s1. The molecule has 0 aromatic carbocycles. The third-order valence-corrected chi connectivity index (χ3v) is 8.62. The van der Waals surface area contributed by atoms with Gasteiger partial charge in [0, 0.05) is 0 Å². The lowest BCUT2D eigenvalue weighted by Crippen LogP contribution is -2.38. The van der Waals surface area contributed by atoms with Gasteiger partial charge in [-0.15, -0.1) is 0 Å². The van der Waals surface area contributed by atoms with Gasteiger partial charge >= 0.3 is 0 Å². The van der Waals surface area contributed by atoms with Crippen molar-refractivity contribution in [3.63, 3.8) is 0 Å². The van der Waals surface area contributed by atoms with Gasteiger partial charge in [-0.1, -0.05) is 43.7 Å². The number of allylic oxidation sites excluding steroid dienone is 4. The molecule has 3 aliphatic carbocycles. The molecule has 3 nitrogen and oxygen atoms in total. The smallest absolute Gasteiger partial charge is 0.0849 e. The summed E-state index contributed by atoms with van der Waals surface area (Å²) in [6.07, 6.45) is 14.1. The maximum absolute atomic E-state index is 10.3. The van der Waals surface area contributed by atoms with E-state index in [1.54, 1.807) is 19.4 Å². The summed E-state index contributed by atoms with van der Waals surface area (Å²) in [6, 6.07) is 0. The highest BCUT2D eigenvalue weighted by molar-refractivity contribution is 5.36. The van der Waals surface area contributed by atoms with E-state index in [2.05, 4.69) is 32.6 Å². The minimum atomic E-state index is -1.02. The molecule has 30 heavy (non-hydrogen) atoms. The molecule has 0 bridgehead atoms. The van der Waals surface area contributed by atoms with Gasteiger partial charge in [-0.05, 0) is 107 Å². The monoisotopic (exact) mass is 416 g/mol. The lowest BCUT2D eigenvalue weighted by molar-refractivity contribution is -0.0554. The summed E-state index contributed by atoms with van der Waals surface area (Å²) >= 11 is 0. The van der Waals surface area contributed by atoms with Crippen LogP contribution in [-0.4, -0.2) is 33.1 Å². The average molecular weight is 417 g/mol. The Labute approximate surface area is 184 Å². The Bertz CT molecular complexity index is 683. The summed E-state index contributed by atoms with van der Waals surface area (Å²) in [5, 5.41) is 30.3. The van der Waals surface area contributed by atoms with E-state index in [9.17, 15) is 15.3 Å². The van der Waals surface area contributed by atoms with Crippen molar-refractivity contribution in [3.05, 3.63) is 35.5 Å². The molecule has 3 aliphatic rings. The predicted octanol–water partition coefficient (Wildman–Crippen LogP) is 5.70. The highest BCUT2D eigenvalue weighted by Gasteiger charge is 2.50. The van der Waals surface area contributed by atoms with Crippen LogP contribution in [0.4, 0.5) is 0 Å². The molecule has 0 aliphatic heterocycles. The molecule has 3 saturated carbocycles. The Morgan fingerprint density at radius 2 is 1.90 bits per heavy atom. The first-order valence-corrected chi connectivity index (χ1v) is 12.2. The topological polar surface area (TPSA) is 60.7 Å². The summed E-state index contributed by atoms with van der Waals surface area (Å²) in [7, 11) is 0. The summed E-state index contributed by atoms with van der Waals surface area (Å²) in [5.74, 6) is 1.89. The van der Waals surface area contributed by atoms with Gasteiger partial charge in [0.05, 0.1) is 17.8 Å². The molecule has 170 valence electrons. The van der Waals surface area contributed by atoms with Crippen molar-refractivity contribution in [1.82, 2.24) is 0 Å². The largest absolute Gasteiger partial charge is 0.393 e. The number of aliphatic hydroxyl groups excluding tert-OH is 2. The van der Waals surface area contributed by atoms with Crippen LogP contribution in [-0.2, 0) is 0 Å². The van der Waals surface area contributed by atoms with E-state index < -0.39 is 11.7 Å². The van der Waals surface area contributed by atoms with Gasteiger partial charge in [-0.3, -0.25) is 0 Å². The molecule has 0 radical (unpaired) electrons. The SMILES string of the molecule is C=C1CC[C@H](O)CC1=C/C=C1\CCC[C@@]2(C)[C@@H]([C@H](C)CC[C@@H](O)C(C)(C)O)CC[C@@H]12. The minimum Gasteiger partial charge on any atom is -0.393 e. The molecule has 0 amide bonds. The van der Waals surface area contributed by atoms with E-state index in [-0.39, 0.29) is 6.10 Å². The summed E-state index contributed by atoms with van der Waals surface area (Å²) in [5.41, 5.74) is 3.34. The molecule has 3 heteroatoms. The van der Waals surface area contributed by atoms with E-state index in [4.69, 9.17) is 0 Å². The number of hydrogen-bond donors (Lipinski definition) is 3. The second-order valence-electron chi connectivity index (χ2n) is 11.3. The van der Waals surface area contributed by atoms with Gasteiger partial charge in [0.15, 0.2) is 0 Å². The molecular formula is C27H44O3. The Morgan fingerprint density at radius 1 is 1.17 bits per heavy atom. The molecule has 0 aromatic rings. The molecule has 3 fully saturated rings. The van der Waals surface area contributed by atoms with E-state index in [1.807, 2.05) is 0 Å². The van der Waals surface area contributed by atoms with Crippen LogP contribution < -0.4 is 0 Å². The van der Waals surface area contributed by atoms with Crippen LogP contribution in [0.25, 0.3) is 0 Å². The van der Waals surface area contributed by atoms with E-state index in [0.717, 1.165) is 25.7 Å². The maximum Gasteiger partial charge on any atom is 0.0849 e. The summed E-state index contributed by atoms with van der Waals surface area (Å²) in [6.45, 7) is 12.5. The summed E-state index contributed by atoms with van der Waals surface area (Å²) < 4.78 is 0. The van der Waals surface area contributed by atoms with Crippen molar-refractivity contribution in [2.24, 2.45) is 23.2 Å². The minimum absolute atomic E-state index is 0.215. The van der Waals surface area contributed by atoms with Gasteiger partial charge in [0.2, 0.25) is 0 Å². The zero-order valence-electron chi connectivity index (χ0n) is 19.7. The van der Waals surface area contributed by atoms with Gasteiger partial charge in [0.25, 0.3) is 0 Å². The normalized spacial score (nSPS) is 37.4. The fourth-order valence-corrected chi connectivity index (χ4v) is 6.58. The van der Waals surface area contributed by atoms with Crippen molar-refractivity contribution < 1.29 is 15.3 Å². The van der Waals surface area contributed by atoms with E-state index in [1.165, 1.54) is 43.3 Å². The van der Waals surface area contributed by atoms with Gasteiger partial charge in [-0.25, -0.2) is 0 Å². The first-order chi connectivity index (χ1) is 14.0. The first kappa shape index (κ1) is 23.8. The highest BCUT2D eigenvalue weighted by Crippen LogP contribution is 2.60. The molecule has 3 rings (SSSR count). The van der Waals surface area contributed by atoms with Crippen molar-refractivity contribution >= 4 is 0 Å². The molecule has 0 saturated heterocycles. The van der Waals surface area contributed by atoms with Gasteiger partial charge in [-0.2, -0.15) is 0 Å². The third kappa shape index (κ3) is 5.11. The van der Waals surface area contributed by atoms with Crippen LogP contribution in [0.1, 0.15) is 91.9 Å². The first-order valence-electron chi connectivity index (χ1n) is 12.2. The zero-order chi connectivity index (χ0) is 22.1. The van der Waals surface area contributed by atoms with Crippen LogP contribution >= 0.6 is 0 Å². The van der Waals surface area contributed by atoms with Crippen LogP contribution in [0.15, 0.2) is 35.5 Å². The predicted molar refractivity (Wildman–Crippen MR) is 124 cm³/mol. The number of fused-ring (bicyclic) bond motifs is 1. The van der Waals surface area contributed by atoms with Crippen LogP contribution in [0.3, 0.4) is 0 Å². The van der Waals surface area contributed by atoms with Crippen molar-refractivity contribution in [1.29, 1.82) is 0 Å².